The van der Waals surface area contributed by atoms with Gasteiger partial charge in [0.1, 0.15) is 17.1 Å². The van der Waals surface area contributed by atoms with Crippen LogP contribution in [0.1, 0.15) is 74.4 Å². The summed E-state index contributed by atoms with van der Waals surface area (Å²) in [5, 5.41) is 2.14. The van der Waals surface area contributed by atoms with E-state index >= 15 is 0 Å². The van der Waals surface area contributed by atoms with Crippen molar-refractivity contribution < 1.29 is 14.3 Å². The molecule has 0 spiro atoms. The van der Waals surface area contributed by atoms with Gasteiger partial charge in [-0.25, -0.2) is 4.79 Å². The first-order chi connectivity index (χ1) is 15.9. The van der Waals surface area contributed by atoms with Gasteiger partial charge in [-0.05, 0) is 80.6 Å². The highest BCUT2D eigenvalue weighted by Gasteiger charge is 2.46. The van der Waals surface area contributed by atoms with Crippen LogP contribution in [0.5, 0.6) is 11.5 Å². The second-order valence-corrected chi connectivity index (χ2v) is 10.1. The second kappa shape index (κ2) is 8.37. The molecule has 3 heteroatoms. The molecule has 2 aliphatic rings. The lowest BCUT2D eigenvalue weighted by atomic mass is 9.67. The summed E-state index contributed by atoms with van der Waals surface area (Å²) in [5.74, 6) is 1.85. The normalized spacial score (nSPS) is 20.9. The van der Waals surface area contributed by atoms with Gasteiger partial charge in [0.15, 0.2) is 0 Å². The van der Waals surface area contributed by atoms with Gasteiger partial charge in [-0.1, -0.05) is 55.3 Å². The first-order valence-corrected chi connectivity index (χ1v) is 12.1. The fourth-order valence-corrected chi connectivity index (χ4v) is 5.59. The van der Waals surface area contributed by atoms with E-state index in [4.69, 9.17) is 9.47 Å². The van der Waals surface area contributed by atoms with Crippen molar-refractivity contribution in [1.82, 2.24) is 0 Å². The van der Waals surface area contributed by atoms with Gasteiger partial charge in [0.25, 0.3) is 0 Å². The Morgan fingerprint density at radius 3 is 2.67 bits per heavy atom. The van der Waals surface area contributed by atoms with Crippen LogP contribution >= 0.6 is 0 Å². The molecular weight excluding hydrogens is 408 g/mol. The van der Waals surface area contributed by atoms with E-state index in [0.717, 1.165) is 53.3 Å². The molecule has 0 bridgehead atoms. The van der Waals surface area contributed by atoms with E-state index in [1.54, 1.807) is 0 Å². The van der Waals surface area contributed by atoms with Crippen molar-refractivity contribution in [2.75, 3.05) is 0 Å². The van der Waals surface area contributed by atoms with E-state index in [9.17, 15) is 4.79 Å². The highest BCUT2D eigenvalue weighted by Crippen LogP contribution is 2.54. The summed E-state index contributed by atoms with van der Waals surface area (Å²) in [5.41, 5.74) is 3.90. The number of carbonyl (C=O) groups excluding carboxylic acids is 1. The van der Waals surface area contributed by atoms with Gasteiger partial charge < -0.3 is 9.47 Å². The van der Waals surface area contributed by atoms with E-state index in [2.05, 4.69) is 45.9 Å². The Kier molecular flexibility index (Phi) is 5.52. The topological polar surface area (TPSA) is 35.5 Å². The van der Waals surface area contributed by atoms with Crippen LogP contribution in [-0.4, -0.2) is 11.6 Å². The number of fused-ring (bicyclic) bond motifs is 4. The van der Waals surface area contributed by atoms with Crippen LogP contribution in [0.2, 0.25) is 0 Å². The van der Waals surface area contributed by atoms with Crippen LogP contribution in [0.4, 0.5) is 0 Å². The highest BCUT2D eigenvalue weighted by molar-refractivity contribution is 5.96. The van der Waals surface area contributed by atoms with Gasteiger partial charge in [-0.3, -0.25) is 0 Å². The summed E-state index contributed by atoms with van der Waals surface area (Å²) in [7, 11) is 0. The Labute approximate surface area is 196 Å². The molecule has 0 fully saturated rings. The molecule has 170 valence electrons. The fraction of sp³-hybridized carbons (Fsp3) is 0.367. The monoisotopic (exact) mass is 440 g/mol. The molecule has 0 unspecified atom stereocenters. The number of benzene rings is 3. The zero-order valence-corrected chi connectivity index (χ0v) is 20.0. The summed E-state index contributed by atoms with van der Waals surface area (Å²) >= 11 is 0. The number of ether oxygens (including phenoxy) is 2. The second-order valence-electron chi connectivity index (χ2n) is 10.1. The van der Waals surface area contributed by atoms with Crippen molar-refractivity contribution in [2.24, 2.45) is 5.92 Å². The molecule has 5 rings (SSSR count). The minimum atomic E-state index is -0.318. The summed E-state index contributed by atoms with van der Waals surface area (Å²) in [6.45, 7) is 8.74. The number of rotatable bonds is 4. The molecule has 0 saturated carbocycles. The van der Waals surface area contributed by atoms with E-state index < -0.39 is 0 Å². The van der Waals surface area contributed by atoms with Crippen LogP contribution in [0.3, 0.4) is 0 Å². The Morgan fingerprint density at radius 2 is 1.88 bits per heavy atom. The van der Waals surface area contributed by atoms with Crippen LogP contribution < -0.4 is 9.47 Å². The summed E-state index contributed by atoms with van der Waals surface area (Å²) in [4.78, 5) is 13.3. The molecule has 1 aliphatic carbocycles. The Morgan fingerprint density at radius 1 is 1.09 bits per heavy atom. The molecule has 0 amide bonds. The lowest BCUT2D eigenvalue weighted by molar-refractivity contribution is 0.00739. The van der Waals surface area contributed by atoms with E-state index in [1.165, 1.54) is 5.57 Å². The van der Waals surface area contributed by atoms with E-state index in [1.807, 2.05) is 42.5 Å². The van der Waals surface area contributed by atoms with E-state index in [-0.39, 0.29) is 17.5 Å². The molecule has 1 aliphatic heterocycles. The van der Waals surface area contributed by atoms with Gasteiger partial charge in [-0.15, -0.1) is 0 Å². The molecule has 0 N–H and O–H groups in total. The van der Waals surface area contributed by atoms with Crippen LogP contribution in [-0.2, 0) is 6.42 Å². The molecule has 0 aromatic heterocycles. The third-order valence-corrected chi connectivity index (χ3v) is 7.27. The maximum Gasteiger partial charge on any atom is 0.343 e. The van der Waals surface area contributed by atoms with Gasteiger partial charge in [-0.2, -0.15) is 0 Å². The lowest BCUT2D eigenvalue weighted by Crippen LogP contribution is -2.45. The fourth-order valence-electron chi connectivity index (χ4n) is 5.59. The molecular formula is C30H32O3. The van der Waals surface area contributed by atoms with Gasteiger partial charge in [0, 0.05) is 17.4 Å². The Balaban J connectivity index is 1.57. The number of aryl methyl sites for hydroxylation is 1. The zero-order valence-electron chi connectivity index (χ0n) is 20.0. The minimum Gasteiger partial charge on any atom is -0.487 e. The van der Waals surface area contributed by atoms with Crippen molar-refractivity contribution in [3.8, 4) is 11.5 Å². The SMILES string of the molecule is CCCc1cc(OC(=O)c2ccc3ccccc3c2)c2c(c1)OC(C)(C)[C@@H]1CC=C(C)C[C@@H]21. The number of carbonyl (C=O) groups is 1. The first kappa shape index (κ1) is 21.8. The van der Waals surface area contributed by atoms with Crippen LogP contribution in [0, 0.1) is 5.92 Å². The highest BCUT2D eigenvalue weighted by atomic mass is 16.5. The first-order valence-electron chi connectivity index (χ1n) is 12.1. The maximum atomic E-state index is 13.3. The molecule has 3 aromatic carbocycles. The van der Waals surface area contributed by atoms with Gasteiger partial charge in [0.05, 0.1) is 5.56 Å². The molecule has 33 heavy (non-hydrogen) atoms. The average molecular weight is 441 g/mol. The smallest absolute Gasteiger partial charge is 0.343 e. The molecule has 1 heterocycles. The number of allylic oxidation sites excluding steroid dienone is 2. The van der Waals surface area contributed by atoms with Crippen LogP contribution in [0.25, 0.3) is 10.8 Å². The van der Waals surface area contributed by atoms with Crippen LogP contribution in [0.15, 0.2) is 66.2 Å². The number of esters is 1. The predicted octanol–water partition coefficient (Wildman–Crippen LogP) is 7.62. The summed E-state index contributed by atoms with van der Waals surface area (Å²) in [6.07, 6.45) is 6.23. The maximum absolute atomic E-state index is 13.3. The average Bonchev–Trinajstić information content (AvgIpc) is 2.78. The Hall–Kier alpha value is -3.07. The third-order valence-electron chi connectivity index (χ3n) is 7.27. The minimum absolute atomic E-state index is 0.265. The van der Waals surface area contributed by atoms with Gasteiger partial charge in [0.2, 0.25) is 0 Å². The standard InChI is InChI=1S/C30H32O3/c1-5-8-20-16-26(32-29(31)23-13-12-21-9-6-7-10-22(21)18-23)28-24-15-19(2)11-14-25(24)30(3,4)33-27(28)17-20/h6-7,9-13,16-18,24-25H,5,8,14-15H2,1-4H3/t24-,25-/m1/s1. The third kappa shape index (κ3) is 4.06. The van der Waals surface area contributed by atoms with Crippen molar-refractivity contribution in [1.29, 1.82) is 0 Å². The predicted molar refractivity (Wildman–Crippen MR) is 133 cm³/mol. The van der Waals surface area contributed by atoms with Crippen molar-refractivity contribution in [3.05, 3.63) is 82.9 Å². The van der Waals surface area contributed by atoms with Crippen molar-refractivity contribution in [3.63, 3.8) is 0 Å². The largest absolute Gasteiger partial charge is 0.487 e. The number of hydrogen-bond donors (Lipinski definition) is 0. The van der Waals surface area contributed by atoms with Crippen molar-refractivity contribution >= 4 is 16.7 Å². The lowest BCUT2D eigenvalue weighted by Gasteiger charge is -2.47. The van der Waals surface area contributed by atoms with Crippen molar-refractivity contribution in [2.45, 2.75) is 64.9 Å². The zero-order chi connectivity index (χ0) is 23.2. The molecule has 3 nitrogen and oxygen atoms in total. The molecule has 2 atom stereocenters. The Bertz CT molecular complexity index is 1250. The molecule has 3 aromatic rings. The summed E-state index contributed by atoms with van der Waals surface area (Å²) in [6, 6.07) is 18.0. The number of hydrogen-bond acceptors (Lipinski definition) is 3. The molecule has 0 saturated heterocycles. The quantitative estimate of drug-likeness (QED) is 0.238. The molecule has 0 radical (unpaired) electrons. The summed E-state index contributed by atoms with van der Waals surface area (Å²) < 4.78 is 12.7. The van der Waals surface area contributed by atoms with Gasteiger partial charge >= 0.3 is 5.97 Å². The van der Waals surface area contributed by atoms with E-state index in [0.29, 0.717) is 17.2 Å².